The number of hydrogen-bond acceptors (Lipinski definition) is 7. The van der Waals surface area contributed by atoms with E-state index in [0.717, 1.165) is 61.7 Å². The van der Waals surface area contributed by atoms with Crippen LogP contribution in [0.4, 0.5) is 9.59 Å². The lowest BCUT2D eigenvalue weighted by Crippen LogP contribution is -2.47. The third-order valence-electron chi connectivity index (χ3n) is 7.98. The Morgan fingerprint density at radius 1 is 0.952 bits per heavy atom. The van der Waals surface area contributed by atoms with Crippen LogP contribution < -0.4 is 5.32 Å². The van der Waals surface area contributed by atoms with Crippen molar-refractivity contribution in [1.29, 1.82) is 0 Å². The van der Waals surface area contributed by atoms with Crippen molar-refractivity contribution in [2.75, 3.05) is 0 Å². The summed E-state index contributed by atoms with van der Waals surface area (Å²) in [5.41, 5.74) is 2.77. The van der Waals surface area contributed by atoms with E-state index < -0.39 is 17.3 Å². The summed E-state index contributed by atoms with van der Waals surface area (Å²) in [7, 11) is 0. The Balaban J connectivity index is 1.45. The molecule has 1 fully saturated rings. The Morgan fingerprint density at radius 3 is 2.38 bits per heavy atom. The fraction of sp³-hybridized carbons (Fsp3) is 0.576. The number of fused-ring (bicyclic) bond motifs is 2. The Hall–Kier alpha value is -3.46. The number of benzene rings is 1. The molecule has 1 saturated carbocycles. The number of carbonyl (C=O) groups is 2. The van der Waals surface area contributed by atoms with Crippen molar-refractivity contribution in [2.24, 2.45) is 0 Å². The molecule has 2 aliphatic rings. The highest BCUT2D eigenvalue weighted by Crippen LogP contribution is 2.38. The zero-order chi connectivity index (χ0) is 30.1. The van der Waals surface area contributed by atoms with E-state index in [9.17, 15) is 9.59 Å². The molecule has 2 aromatic heterocycles. The Bertz CT molecular complexity index is 1410. The van der Waals surface area contributed by atoms with Crippen LogP contribution in [0.1, 0.15) is 103 Å². The molecular formula is C33H45N5O4. The minimum Gasteiger partial charge on any atom is -0.444 e. The molecule has 5 rings (SSSR count). The van der Waals surface area contributed by atoms with Crippen LogP contribution in [0.15, 0.2) is 42.6 Å². The summed E-state index contributed by atoms with van der Waals surface area (Å²) in [6.45, 7) is 11.8. The molecule has 9 heteroatoms. The fourth-order valence-electron chi connectivity index (χ4n) is 6.28. The number of para-hydroxylation sites is 2. The first-order chi connectivity index (χ1) is 19.9. The van der Waals surface area contributed by atoms with E-state index in [0.29, 0.717) is 12.4 Å². The molecule has 0 radical (unpaired) electrons. The zero-order valence-corrected chi connectivity index (χ0v) is 25.9. The van der Waals surface area contributed by atoms with Crippen LogP contribution in [0.3, 0.4) is 0 Å². The van der Waals surface area contributed by atoms with Gasteiger partial charge < -0.3 is 14.8 Å². The van der Waals surface area contributed by atoms with Gasteiger partial charge in [0.2, 0.25) is 0 Å². The standard InChI is InChI=1S/C33H45N5O4/c1-32(2,3)41-30(39)35-23-16-18-24(19-17-23)37(27-15-9-11-22-12-10-20-34-29(22)27)21-28-36-25-13-7-8-14-26(25)38(28)31(40)42-33(4,5)6/h7-8,10,12-14,20,23-24,27H,9,11,15-19,21H2,1-6H3,(H,35,39)/t23-,24-,27?. The van der Waals surface area contributed by atoms with Crippen molar-refractivity contribution in [3.8, 4) is 0 Å². The number of aryl methyl sites for hydroxylation is 1. The van der Waals surface area contributed by atoms with Crippen LogP contribution in [0.5, 0.6) is 0 Å². The summed E-state index contributed by atoms with van der Waals surface area (Å²) in [5.74, 6) is 0.669. The van der Waals surface area contributed by atoms with E-state index in [1.807, 2.05) is 78.1 Å². The number of nitrogens with zero attached hydrogens (tertiary/aromatic N) is 4. The van der Waals surface area contributed by atoms with E-state index in [4.69, 9.17) is 19.4 Å². The second-order valence-corrected chi connectivity index (χ2v) is 13.6. The summed E-state index contributed by atoms with van der Waals surface area (Å²) in [4.78, 5) is 38.3. The molecule has 0 spiro atoms. The number of alkyl carbamates (subject to hydrolysis) is 1. The molecule has 3 aromatic rings. The monoisotopic (exact) mass is 575 g/mol. The number of carbonyl (C=O) groups excluding carboxylic acids is 2. The quantitative estimate of drug-likeness (QED) is 0.352. The predicted molar refractivity (Wildman–Crippen MR) is 162 cm³/mol. The van der Waals surface area contributed by atoms with E-state index in [-0.39, 0.29) is 24.2 Å². The number of nitrogens with one attached hydrogen (secondary N) is 1. The van der Waals surface area contributed by atoms with Crippen molar-refractivity contribution in [1.82, 2.24) is 24.8 Å². The van der Waals surface area contributed by atoms with Crippen LogP contribution >= 0.6 is 0 Å². The van der Waals surface area contributed by atoms with Gasteiger partial charge in [-0.15, -0.1) is 0 Å². The third-order valence-corrected chi connectivity index (χ3v) is 7.98. The van der Waals surface area contributed by atoms with Crippen LogP contribution in [0.2, 0.25) is 0 Å². The van der Waals surface area contributed by atoms with E-state index >= 15 is 0 Å². The van der Waals surface area contributed by atoms with Crippen molar-refractivity contribution < 1.29 is 19.1 Å². The molecule has 0 aliphatic heterocycles. The van der Waals surface area contributed by atoms with Gasteiger partial charge in [0.05, 0.1) is 29.3 Å². The molecule has 1 atom stereocenters. The lowest BCUT2D eigenvalue weighted by molar-refractivity contribution is 0.0433. The molecule has 226 valence electrons. The molecule has 1 aromatic carbocycles. The van der Waals surface area contributed by atoms with E-state index in [1.54, 1.807) is 4.57 Å². The molecule has 0 bridgehead atoms. The van der Waals surface area contributed by atoms with Gasteiger partial charge in [-0.2, -0.15) is 0 Å². The van der Waals surface area contributed by atoms with Crippen molar-refractivity contribution >= 4 is 23.2 Å². The summed E-state index contributed by atoms with van der Waals surface area (Å²) >= 11 is 0. The number of amides is 1. The highest BCUT2D eigenvalue weighted by atomic mass is 16.6. The molecule has 1 amide bonds. The number of pyridine rings is 1. The maximum atomic E-state index is 13.6. The lowest BCUT2D eigenvalue weighted by atomic mass is 9.85. The molecule has 9 nitrogen and oxygen atoms in total. The number of ether oxygens (including phenoxy) is 2. The predicted octanol–water partition coefficient (Wildman–Crippen LogP) is 6.93. The van der Waals surface area contributed by atoms with Gasteiger partial charge in [-0.1, -0.05) is 18.2 Å². The Kier molecular flexibility index (Phi) is 8.60. The van der Waals surface area contributed by atoms with E-state index in [1.165, 1.54) is 5.56 Å². The largest absolute Gasteiger partial charge is 0.444 e. The highest BCUT2D eigenvalue weighted by molar-refractivity contribution is 5.87. The first-order valence-corrected chi connectivity index (χ1v) is 15.3. The maximum Gasteiger partial charge on any atom is 0.420 e. The summed E-state index contributed by atoms with van der Waals surface area (Å²) in [5, 5.41) is 3.07. The number of rotatable bonds is 5. The smallest absolute Gasteiger partial charge is 0.420 e. The van der Waals surface area contributed by atoms with Crippen LogP contribution in [0.25, 0.3) is 11.0 Å². The van der Waals surface area contributed by atoms with Gasteiger partial charge in [0, 0.05) is 18.3 Å². The third kappa shape index (κ3) is 7.12. The second kappa shape index (κ2) is 12.0. The van der Waals surface area contributed by atoms with Crippen LogP contribution in [0, 0.1) is 0 Å². The van der Waals surface area contributed by atoms with Crippen molar-refractivity contribution in [3.05, 3.63) is 59.7 Å². The Labute approximate surface area is 249 Å². The highest BCUT2D eigenvalue weighted by Gasteiger charge is 2.36. The van der Waals surface area contributed by atoms with Crippen molar-refractivity contribution in [3.63, 3.8) is 0 Å². The van der Waals surface area contributed by atoms with Gasteiger partial charge in [-0.25, -0.2) is 19.1 Å². The van der Waals surface area contributed by atoms with Crippen molar-refractivity contribution in [2.45, 2.75) is 122 Å². The minimum absolute atomic E-state index is 0.0704. The number of hydrogen-bond donors (Lipinski definition) is 1. The van der Waals surface area contributed by atoms with Crippen LogP contribution in [-0.2, 0) is 22.4 Å². The first-order valence-electron chi connectivity index (χ1n) is 15.3. The van der Waals surface area contributed by atoms with Gasteiger partial charge in [-0.05, 0) is 110 Å². The molecular weight excluding hydrogens is 530 g/mol. The lowest BCUT2D eigenvalue weighted by Gasteiger charge is -2.43. The molecule has 1 N–H and O–H groups in total. The number of imidazole rings is 1. The first kappa shape index (κ1) is 30.0. The normalized spacial score (nSPS) is 21.2. The fourth-order valence-corrected chi connectivity index (χ4v) is 6.28. The average molecular weight is 576 g/mol. The summed E-state index contributed by atoms with van der Waals surface area (Å²) in [6.07, 6.45) is 7.72. The zero-order valence-electron chi connectivity index (χ0n) is 25.9. The summed E-state index contributed by atoms with van der Waals surface area (Å²) in [6, 6.07) is 12.4. The molecule has 2 heterocycles. The van der Waals surface area contributed by atoms with Gasteiger partial charge in [-0.3, -0.25) is 9.88 Å². The SMILES string of the molecule is CC(C)(C)OC(=O)N[C@H]1CC[C@H](N(Cc2nc3ccccc3n2C(=O)OC(C)(C)C)C2CCCc3cccnc32)CC1. The number of aromatic nitrogens is 3. The van der Waals surface area contributed by atoms with Gasteiger partial charge in [0.25, 0.3) is 0 Å². The van der Waals surface area contributed by atoms with Crippen LogP contribution in [-0.4, -0.2) is 54.9 Å². The minimum atomic E-state index is -0.634. The molecule has 0 saturated heterocycles. The van der Waals surface area contributed by atoms with Gasteiger partial charge >= 0.3 is 12.2 Å². The van der Waals surface area contributed by atoms with Gasteiger partial charge in [0.15, 0.2) is 0 Å². The summed E-state index contributed by atoms with van der Waals surface area (Å²) < 4.78 is 13.0. The Morgan fingerprint density at radius 2 is 1.67 bits per heavy atom. The average Bonchev–Trinajstić information content (AvgIpc) is 3.28. The second-order valence-electron chi connectivity index (χ2n) is 13.6. The molecule has 2 aliphatic carbocycles. The topological polar surface area (TPSA) is 98.6 Å². The maximum absolute atomic E-state index is 13.6. The molecule has 1 unspecified atom stereocenters. The van der Waals surface area contributed by atoms with E-state index in [2.05, 4.69) is 16.3 Å². The molecule has 42 heavy (non-hydrogen) atoms. The van der Waals surface area contributed by atoms with Gasteiger partial charge in [0.1, 0.15) is 17.0 Å².